The van der Waals surface area contributed by atoms with Crippen molar-refractivity contribution < 1.29 is 13.9 Å². The number of anilines is 1. The van der Waals surface area contributed by atoms with Crippen molar-refractivity contribution in [3.05, 3.63) is 35.7 Å². The number of amides is 1. The molecule has 1 aliphatic rings. The molecule has 7 heteroatoms. The van der Waals surface area contributed by atoms with Gasteiger partial charge in [0, 0.05) is 32.6 Å². The summed E-state index contributed by atoms with van der Waals surface area (Å²) in [6, 6.07) is 8.23. The summed E-state index contributed by atoms with van der Waals surface area (Å²) < 4.78 is 11.2. The molecule has 0 saturated carbocycles. The number of rotatable bonds is 5. The molecular weight excluding hydrogens is 308 g/mol. The zero-order valence-electron chi connectivity index (χ0n) is 14.1. The number of carbonyl (C=O) groups excluding carboxylic acids is 1. The van der Waals surface area contributed by atoms with Crippen molar-refractivity contribution in [2.24, 2.45) is 0 Å². The molecule has 1 aromatic heterocycles. The highest BCUT2D eigenvalue weighted by atomic mass is 16.5. The fourth-order valence-electron chi connectivity index (χ4n) is 2.61. The number of nitrogens with zero attached hydrogens (tertiary/aromatic N) is 4. The minimum absolute atomic E-state index is 0.00215. The minimum Gasteiger partial charge on any atom is -0.484 e. The van der Waals surface area contributed by atoms with Crippen LogP contribution in [0.3, 0.4) is 0 Å². The summed E-state index contributed by atoms with van der Waals surface area (Å²) in [6.45, 7) is 6.61. The van der Waals surface area contributed by atoms with Gasteiger partial charge in [-0.1, -0.05) is 30.2 Å². The monoisotopic (exact) mass is 330 g/mol. The molecule has 0 unspecified atom stereocenters. The molecule has 128 valence electrons. The number of aryl methyl sites for hydroxylation is 2. The van der Waals surface area contributed by atoms with E-state index in [9.17, 15) is 4.79 Å². The SMILES string of the molecule is CCc1nnc(N2CCN(C(=O)COc3ccccc3C)CC2)o1. The molecule has 0 atom stereocenters. The Morgan fingerprint density at radius 1 is 1.21 bits per heavy atom. The van der Waals surface area contributed by atoms with Crippen LogP contribution in [0.1, 0.15) is 18.4 Å². The predicted molar refractivity (Wildman–Crippen MR) is 89.1 cm³/mol. The molecule has 24 heavy (non-hydrogen) atoms. The standard InChI is InChI=1S/C17H22N4O3/c1-3-15-18-19-17(24-15)21-10-8-20(9-11-21)16(22)12-23-14-7-5-4-6-13(14)2/h4-7H,3,8-12H2,1-2H3. The van der Waals surface area contributed by atoms with Crippen LogP contribution in [0.5, 0.6) is 5.75 Å². The number of aromatic nitrogens is 2. The molecule has 0 N–H and O–H groups in total. The van der Waals surface area contributed by atoms with Crippen LogP contribution in [-0.2, 0) is 11.2 Å². The van der Waals surface area contributed by atoms with Crippen molar-refractivity contribution in [3.63, 3.8) is 0 Å². The van der Waals surface area contributed by atoms with Crippen molar-refractivity contribution >= 4 is 11.9 Å². The number of hydrogen-bond donors (Lipinski definition) is 0. The quantitative estimate of drug-likeness (QED) is 0.830. The van der Waals surface area contributed by atoms with Crippen molar-refractivity contribution in [2.75, 3.05) is 37.7 Å². The van der Waals surface area contributed by atoms with Crippen LogP contribution in [0.25, 0.3) is 0 Å². The van der Waals surface area contributed by atoms with Gasteiger partial charge < -0.3 is 19.0 Å². The number of hydrogen-bond acceptors (Lipinski definition) is 6. The summed E-state index contributed by atoms with van der Waals surface area (Å²) in [5.74, 6) is 1.38. The van der Waals surface area contributed by atoms with Crippen LogP contribution in [0.2, 0.25) is 0 Å². The molecule has 1 saturated heterocycles. The summed E-state index contributed by atoms with van der Waals surface area (Å²) in [7, 11) is 0. The van der Waals surface area contributed by atoms with E-state index in [2.05, 4.69) is 10.2 Å². The van der Waals surface area contributed by atoms with Crippen LogP contribution in [0.4, 0.5) is 6.01 Å². The van der Waals surface area contributed by atoms with Gasteiger partial charge in [-0.05, 0) is 18.6 Å². The number of piperazine rings is 1. The van der Waals surface area contributed by atoms with Crippen molar-refractivity contribution in [3.8, 4) is 5.75 Å². The minimum atomic E-state index is -0.00215. The maximum atomic E-state index is 12.3. The molecule has 0 aliphatic carbocycles. The first kappa shape index (κ1) is 16.3. The fourth-order valence-corrected chi connectivity index (χ4v) is 2.61. The van der Waals surface area contributed by atoms with Gasteiger partial charge in [0.05, 0.1) is 0 Å². The second-order valence-corrected chi connectivity index (χ2v) is 5.75. The third-order valence-electron chi connectivity index (χ3n) is 4.11. The summed E-state index contributed by atoms with van der Waals surface area (Å²) >= 11 is 0. The number of benzene rings is 1. The topological polar surface area (TPSA) is 71.7 Å². The summed E-state index contributed by atoms with van der Waals surface area (Å²) in [5.41, 5.74) is 1.03. The molecule has 3 rings (SSSR count). The predicted octanol–water partition coefficient (Wildman–Crippen LogP) is 1.67. The lowest BCUT2D eigenvalue weighted by atomic mass is 10.2. The average Bonchev–Trinajstić information content (AvgIpc) is 3.10. The molecule has 0 spiro atoms. The molecule has 1 amide bonds. The van der Waals surface area contributed by atoms with Gasteiger partial charge in [-0.2, -0.15) is 0 Å². The van der Waals surface area contributed by atoms with E-state index in [1.807, 2.05) is 47.9 Å². The van der Waals surface area contributed by atoms with Gasteiger partial charge in [-0.3, -0.25) is 4.79 Å². The summed E-state index contributed by atoms with van der Waals surface area (Å²) in [6.07, 6.45) is 0.724. The van der Waals surface area contributed by atoms with Gasteiger partial charge in [0.2, 0.25) is 5.89 Å². The zero-order chi connectivity index (χ0) is 16.9. The van der Waals surface area contributed by atoms with E-state index in [0.717, 1.165) is 17.7 Å². The molecular formula is C17H22N4O3. The second kappa shape index (κ2) is 7.33. The third-order valence-corrected chi connectivity index (χ3v) is 4.11. The van der Waals surface area contributed by atoms with Crippen molar-refractivity contribution in [2.45, 2.75) is 20.3 Å². The second-order valence-electron chi connectivity index (χ2n) is 5.75. The van der Waals surface area contributed by atoms with Crippen LogP contribution in [0, 0.1) is 6.92 Å². The Hall–Kier alpha value is -2.57. The number of para-hydroxylation sites is 1. The Morgan fingerprint density at radius 3 is 2.62 bits per heavy atom. The number of carbonyl (C=O) groups is 1. The fraction of sp³-hybridized carbons (Fsp3) is 0.471. The van der Waals surface area contributed by atoms with E-state index in [4.69, 9.17) is 9.15 Å². The van der Waals surface area contributed by atoms with Crippen LogP contribution >= 0.6 is 0 Å². The van der Waals surface area contributed by atoms with E-state index in [1.54, 1.807) is 0 Å². The molecule has 1 aliphatic heterocycles. The third kappa shape index (κ3) is 3.67. The lowest BCUT2D eigenvalue weighted by molar-refractivity contribution is -0.133. The highest BCUT2D eigenvalue weighted by molar-refractivity contribution is 5.78. The Balaban J connectivity index is 1.49. The Labute approximate surface area is 141 Å². The Morgan fingerprint density at radius 2 is 1.96 bits per heavy atom. The van der Waals surface area contributed by atoms with Gasteiger partial charge in [0.15, 0.2) is 6.61 Å². The molecule has 2 aromatic rings. The maximum Gasteiger partial charge on any atom is 0.318 e. The van der Waals surface area contributed by atoms with Crippen LogP contribution in [0.15, 0.2) is 28.7 Å². The first-order valence-electron chi connectivity index (χ1n) is 8.21. The van der Waals surface area contributed by atoms with Crippen molar-refractivity contribution in [1.29, 1.82) is 0 Å². The zero-order valence-corrected chi connectivity index (χ0v) is 14.1. The van der Waals surface area contributed by atoms with Gasteiger partial charge >= 0.3 is 6.01 Å². The lowest BCUT2D eigenvalue weighted by Crippen LogP contribution is -2.50. The van der Waals surface area contributed by atoms with Crippen LogP contribution in [-0.4, -0.2) is 53.8 Å². The van der Waals surface area contributed by atoms with Gasteiger partial charge in [-0.25, -0.2) is 0 Å². The molecule has 1 fully saturated rings. The smallest absolute Gasteiger partial charge is 0.318 e. The molecule has 1 aromatic carbocycles. The van der Waals surface area contributed by atoms with Gasteiger partial charge in [-0.15, -0.1) is 5.10 Å². The lowest BCUT2D eigenvalue weighted by Gasteiger charge is -2.33. The van der Waals surface area contributed by atoms with E-state index < -0.39 is 0 Å². The first-order valence-corrected chi connectivity index (χ1v) is 8.21. The van der Waals surface area contributed by atoms with Crippen LogP contribution < -0.4 is 9.64 Å². The average molecular weight is 330 g/mol. The maximum absolute atomic E-state index is 12.3. The largest absolute Gasteiger partial charge is 0.484 e. The number of ether oxygens (including phenoxy) is 1. The molecule has 2 heterocycles. The summed E-state index contributed by atoms with van der Waals surface area (Å²) in [5, 5.41) is 8.02. The molecule has 0 bridgehead atoms. The normalized spacial score (nSPS) is 14.8. The molecule has 0 radical (unpaired) electrons. The highest BCUT2D eigenvalue weighted by Crippen LogP contribution is 2.17. The Kier molecular flexibility index (Phi) is 4.98. The first-order chi connectivity index (χ1) is 11.7. The van der Waals surface area contributed by atoms with Crippen molar-refractivity contribution in [1.82, 2.24) is 15.1 Å². The van der Waals surface area contributed by atoms with Gasteiger partial charge in [0.25, 0.3) is 5.91 Å². The van der Waals surface area contributed by atoms with E-state index in [1.165, 1.54) is 0 Å². The van der Waals surface area contributed by atoms with E-state index >= 15 is 0 Å². The van der Waals surface area contributed by atoms with E-state index in [0.29, 0.717) is 38.1 Å². The van der Waals surface area contributed by atoms with Gasteiger partial charge in [0.1, 0.15) is 5.75 Å². The summed E-state index contributed by atoms with van der Waals surface area (Å²) in [4.78, 5) is 16.1. The Bertz CT molecular complexity index is 693. The molecule has 7 nitrogen and oxygen atoms in total. The van der Waals surface area contributed by atoms with E-state index in [-0.39, 0.29) is 12.5 Å². The highest BCUT2D eigenvalue weighted by Gasteiger charge is 2.24.